The second-order valence-corrected chi connectivity index (χ2v) is 7.92. The lowest BCUT2D eigenvalue weighted by Gasteiger charge is -2.14. The number of carbonyl (C=O) groups is 1. The predicted octanol–water partition coefficient (Wildman–Crippen LogP) is 4.69. The van der Waals surface area contributed by atoms with E-state index < -0.39 is 0 Å². The summed E-state index contributed by atoms with van der Waals surface area (Å²) in [7, 11) is 0. The molecule has 1 aromatic carbocycles. The van der Waals surface area contributed by atoms with Crippen molar-refractivity contribution in [2.45, 2.75) is 46.5 Å². The van der Waals surface area contributed by atoms with Gasteiger partial charge in [-0.2, -0.15) is 0 Å². The Morgan fingerprint density at radius 2 is 1.89 bits per heavy atom. The van der Waals surface area contributed by atoms with Crippen molar-refractivity contribution in [3.8, 4) is 11.5 Å². The van der Waals surface area contributed by atoms with Gasteiger partial charge in [-0.15, -0.1) is 11.3 Å². The number of nitrogens with one attached hydrogen (secondary N) is 1. The number of nitrogens with zero attached hydrogens (tertiary/aromatic N) is 1. The Hall–Kier alpha value is -1.60. The van der Waals surface area contributed by atoms with E-state index in [9.17, 15) is 4.79 Å². The van der Waals surface area contributed by atoms with Gasteiger partial charge in [-0.3, -0.25) is 4.79 Å². The van der Waals surface area contributed by atoms with Crippen molar-refractivity contribution < 1.29 is 14.3 Å². The van der Waals surface area contributed by atoms with Crippen LogP contribution >= 0.6 is 27.3 Å². The van der Waals surface area contributed by atoms with Crippen LogP contribution < -0.4 is 14.8 Å². The number of hydrogen-bond donors (Lipinski definition) is 1. The minimum Gasteiger partial charge on any atom is -0.490 e. The molecule has 7 heteroatoms. The van der Waals surface area contributed by atoms with Crippen molar-refractivity contribution in [2.75, 3.05) is 19.8 Å². The van der Waals surface area contributed by atoms with Gasteiger partial charge < -0.3 is 14.8 Å². The van der Waals surface area contributed by atoms with Gasteiger partial charge >= 0.3 is 0 Å². The molecule has 0 bridgehead atoms. The van der Waals surface area contributed by atoms with Crippen molar-refractivity contribution in [3.63, 3.8) is 0 Å². The molecule has 148 valence electrons. The van der Waals surface area contributed by atoms with Gasteiger partial charge in [-0.25, -0.2) is 4.98 Å². The fourth-order valence-corrected chi connectivity index (χ4v) is 3.91. The van der Waals surface area contributed by atoms with E-state index in [1.807, 2.05) is 32.9 Å². The third kappa shape index (κ3) is 7.14. The van der Waals surface area contributed by atoms with E-state index in [1.54, 1.807) is 11.3 Å². The van der Waals surface area contributed by atoms with Crippen molar-refractivity contribution in [2.24, 2.45) is 0 Å². The first-order valence-corrected chi connectivity index (χ1v) is 11.0. The first-order valence-electron chi connectivity index (χ1n) is 9.29. The first-order chi connectivity index (χ1) is 13.0. The van der Waals surface area contributed by atoms with Crippen LogP contribution in [0.5, 0.6) is 11.5 Å². The quantitative estimate of drug-likeness (QED) is 0.500. The fraction of sp³-hybridized carbons (Fsp3) is 0.500. The van der Waals surface area contributed by atoms with Crippen LogP contribution in [0.3, 0.4) is 0 Å². The number of carbonyl (C=O) groups excluding carboxylic acids is 1. The topological polar surface area (TPSA) is 60.5 Å². The van der Waals surface area contributed by atoms with Crippen LogP contribution in [0.25, 0.3) is 0 Å². The molecule has 1 aromatic heterocycles. The number of halogens is 1. The van der Waals surface area contributed by atoms with Crippen LogP contribution in [0.2, 0.25) is 0 Å². The molecule has 2 rings (SSSR count). The lowest BCUT2D eigenvalue weighted by Crippen LogP contribution is -2.26. The molecule has 0 spiro atoms. The summed E-state index contributed by atoms with van der Waals surface area (Å²) in [6.07, 6.45) is 3.24. The summed E-state index contributed by atoms with van der Waals surface area (Å²) in [5.74, 6) is 1.37. The maximum atomic E-state index is 12.3. The number of aryl methyl sites for hydroxylation is 2. The molecular weight excluding hydrogens is 428 g/mol. The van der Waals surface area contributed by atoms with Crippen LogP contribution in [0.4, 0.5) is 0 Å². The second-order valence-electron chi connectivity index (χ2n) is 6.12. The highest BCUT2D eigenvalue weighted by molar-refractivity contribution is 9.10. The highest BCUT2D eigenvalue weighted by Gasteiger charge is 2.13. The van der Waals surface area contributed by atoms with E-state index >= 15 is 0 Å². The zero-order valence-electron chi connectivity index (χ0n) is 16.1. The van der Waals surface area contributed by atoms with Crippen LogP contribution in [0, 0.1) is 6.92 Å². The Kier molecular flexibility index (Phi) is 9.07. The fourth-order valence-electron chi connectivity index (χ4n) is 2.63. The number of thiazole rings is 1. The number of hydrogen-bond acceptors (Lipinski definition) is 5. The Bertz CT molecular complexity index is 749. The Morgan fingerprint density at radius 3 is 2.52 bits per heavy atom. The van der Waals surface area contributed by atoms with E-state index in [0.717, 1.165) is 35.0 Å². The van der Waals surface area contributed by atoms with Gasteiger partial charge in [-0.1, -0.05) is 15.9 Å². The standard InChI is InChI=1S/C20H27BrN2O3S/c1-4-25-17-10-15(16(21)12-18(17)26-5-2)11-19(24)22-9-7-6-8-20-23-14(3)13-27-20/h10,12-13H,4-9,11H2,1-3H3,(H,22,24). The summed E-state index contributed by atoms with van der Waals surface area (Å²) >= 11 is 5.23. The molecule has 0 fully saturated rings. The number of ether oxygens (including phenoxy) is 2. The van der Waals surface area contributed by atoms with Crippen molar-refractivity contribution in [1.29, 1.82) is 0 Å². The van der Waals surface area contributed by atoms with Gasteiger partial charge in [0.1, 0.15) is 0 Å². The van der Waals surface area contributed by atoms with Crippen LogP contribution in [0.15, 0.2) is 22.0 Å². The summed E-state index contributed by atoms with van der Waals surface area (Å²) < 4.78 is 12.1. The zero-order valence-corrected chi connectivity index (χ0v) is 18.5. The average molecular weight is 455 g/mol. The van der Waals surface area contributed by atoms with Crippen LogP contribution in [-0.4, -0.2) is 30.6 Å². The molecule has 1 N–H and O–H groups in total. The molecule has 0 aliphatic carbocycles. The molecule has 0 radical (unpaired) electrons. The molecule has 0 saturated carbocycles. The van der Waals surface area contributed by atoms with Gasteiger partial charge in [0.15, 0.2) is 11.5 Å². The van der Waals surface area contributed by atoms with Gasteiger partial charge in [0.05, 0.1) is 24.6 Å². The van der Waals surface area contributed by atoms with Gasteiger partial charge in [0.2, 0.25) is 5.91 Å². The second kappa shape index (κ2) is 11.3. The summed E-state index contributed by atoms with van der Waals surface area (Å²) in [5, 5.41) is 6.23. The highest BCUT2D eigenvalue weighted by Crippen LogP contribution is 2.34. The summed E-state index contributed by atoms with van der Waals surface area (Å²) in [6, 6.07) is 3.75. The highest BCUT2D eigenvalue weighted by atomic mass is 79.9. The number of benzene rings is 1. The summed E-state index contributed by atoms with van der Waals surface area (Å²) in [6.45, 7) is 7.66. The minimum atomic E-state index is 0.00685. The van der Waals surface area contributed by atoms with Gasteiger partial charge in [0.25, 0.3) is 0 Å². The van der Waals surface area contributed by atoms with E-state index in [1.165, 1.54) is 5.01 Å². The van der Waals surface area contributed by atoms with Crippen molar-refractivity contribution >= 4 is 33.2 Å². The first kappa shape index (κ1) is 21.7. The lowest BCUT2D eigenvalue weighted by atomic mass is 10.1. The molecular formula is C20H27BrN2O3S. The molecule has 0 aliphatic heterocycles. The number of unbranched alkanes of at least 4 members (excludes halogenated alkanes) is 1. The largest absolute Gasteiger partial charge is 0.490 e. The zero-order chi connectivity index (χ0) is 19.6. The third-order valence-corrected chi connectivity index (χ3v) is 5.63. The van der Waals surface area contributed by atoms with E-state index in [0.29, 0.717) is 37.7 Å². The molecule has 1 amide bonds. The van der Waals surface area contributed by atoms with Crippen LogP contribution in [0.1, 0.15) is 43.0 Å². The molecule has 0 unspecified atom stereocenters. The molecule has 27 heavy (non-hydrogen) atoms. The summed E-state index contributed by atoms with van der Waals surface area (Å²) in [4.78, 5) is 16.7. The van der Waals surface area contributed by atoms with Gasteiger partial charge in [-0.05, 0) is 57.7 Å². The Labute approximate surface area is 173 Å². The smallest absolute Gasteiger partial charge is 0.224 e. The number of aromatic nitrogens is 1. The minimum absolute atomic E-state index is 0.00685. The van der Waals surface area contributed by atoms with Crippen LogP contribution in [-0.2, 0) is 17.6 Å². The average Bonchev–Trinajstić information content (AvgIpc) is 3.04. The third-order valence-electron chi connectivity index (χ3n) is 3.87. The Morgan fingerprint density at radius 1 is 1.19 bits per heavy atom. The maximum absolute atomic E-state index is 12.3. The van der Waals surface area contributed by atoms with E-state index in [-0.39, 0.29) is 5.91 Å². The molecule has 0 aliphatic rings. The van der Waals surface area contributed by atoms with Gasteiger partial charge in [0, 0.05) is 22.1 Å². The predicted molar refractivity (Wildman–Crippen MR) is 113 cm³/mol. The van der Waals surface area contributed by atoms with E-state index in [4.69, 9.17) is 9.47 Å². The molecule has 1 heterocycles. The lowest BCUT2D eigenvalue weighted by molar-refractivity contribution is -0.120. The normalized spacial score (nSPS) is 10.7. The number of rotatable bonds is 11. The molecule has 0 saturated heterocycles. The Balaban J connectivity index is 1.81. The molecule has 5 nitrogen and oxygen atoms in total. The summed E-state index contributed by atoms with van der Waals surface area (Å²) in [5.41, 5.74) is 1.97. The van der Waals surface area contributed by atoms with Crippen molar-refractivity contribution in [3.05, 3.63) is 38.3 Å². The monoisotopic (exact) mass is 454 g/mol. The molecule has 2 aromatic rings. The number of amides is 1. The SMILES string of the molecule is CCOc1cc(Br)c(CC(=O)NCCCCc2nc(C)cs2)cc1OCC. The van der Waals surface area contributed by atoms with Crippen molar-refractivity contribution in [1.82, 2.24) is 10.3 Å². The van der Waals surface area contributed by atoms with E-state index in [2.05, 4.69) is 31.6 Å². The molecule has 0 atom stereocenters. The maximum Gasteiger partial charge on any atom is 0.224 e.